The summed E-state index contributed by atoms with van der Waals surface area (Å²) in [6.07, 6.45) is 2.83. The quantitative estimate of drug-likeness (QED) is 0.736. The Morgan fingerprint density at radius 1 is 1.40 bits per heavy atom. The molecule has 5 nitrogen and oxygen atoms in total. The smallest absolute Gasteiger partial charge is 0.242 e. The molecule has 0 aromatic rings. The van der Waals surface area contributed by atoms with Crippen molar-refractivity contribution in [3.63, 3.8) is 0 Å². The molecule has 2 N–H and O–H groups in total. The van der Waals surface area contributed by atoms with E-state index in [1.807, 2.05) is 6.92 Å². The Hall–Kier alpha value is -1.10. The van der Waals surface area contributed by atoms with Crippen LogP contribution in [-0.2, 0) is 9.59 Å². The Kier molecular flexibility index (Phi) is 6.99. The van der Waals surface area contributed by atoms with E-state index >= 15 is 0 Å². The molecule has 0 bridgehead atoms. The lowest BCUT2D eigenvalue weighted by Crippen LogP contribution is -2.57. The molecule has 5 heteroatoms. The lowest BCUT2D eigenvalue weighted by Gasteiger charge is -2.36. The first-order valence-electron chi connectivity index (χ1n) is 7.79. The van der Waals surface area contributed by atoms with Crippen molar-refractivity contribution < 1.29 is 9.59 Å². The summed E-state index contributed by atoms with van der Waals surface area (Å²) in [5.74, 6) is 0.433. The fraction of sp³-hybridized carbons (Fsp3) is 0.867. The Balaban J connectivity index is 2.55. The van der Waals surface area contributed by atoms with Gasteiger partial charge in [-0.1, -0.05) is 20.8 Å². The Morgan fingerprint density at radius 3 is 2.70 bits per heavy atom. The lowest BCUT2D eigenvalue weighted by atomic mass is 10.0. The van der Waals surface area contributed by atoms with Crippen LogP contribution in [0.3, 0.4) is 0 Å². The Labute approximate surface area is 122 Å². The van der Waals surface area contributed by atoms with Crippen LogP contribution in [0.1, 0.15) is 47.0 Å². The van der Waals surface area contributed by atoms with Crippen molar-refractivity contribution in [1.82, 2.24) is 15.5 Å². The molecule has 0 aromatic heterocycles. The molecule has 1 fully saturated rings. The number of nitrogens with zero attached hydrogens (tertiary/aromatic N) is 1. The molecule has 0 aliphatic carbocycles. The van der Waals surface area contributed by atoms with E-state index in [-0.39, 0.29) is 23.9 Å². The molecule has 1 aliphatic heterocycles. The Bertz CT molecular complexity index is 331. The van der Waals surface area contributed by atoms with Gasteiger partial charge in [-0.3, -0.25) is 9.59 Å². The second-order valence-corrected chi connectivity index (χ2v) is 6.00. The van der Waals surface area contributed by atoms with Crippen LogP contribution in [0.5, 0.6) is 0 Å². The van der Waals surface area contributed by atoms with E-state index in [1.165, 1.54) is 0 Å². The van der Waals surface area contributed by atoms with Crippen molar-refractivity contribution in [3.05, 3.63) is 0 Å². The van der Waals surface area contributed by atoms with Crippen LogP contribution in [0.2, 0.25) is 0 Å². The molecule has 2 amide bonds. The van der Waals surface area contributed by atoms with Crippen LogP contribution >= 0.6 is 0 Å². The monoisotopic (exact) mass is 283 g/mol. The molecule has 2 unspecified atom stereocenters. The zero-order valence-corrected chi connectivity index (χ0v) is 13.2. The molecule has 0 saturated carbocycles. The first kappa shape index (κ1) is 17.0. The predicted molar refractivity (Wildman–Crippen MR) is 80.3 cm³/mol. The van der Waals surface area contributed by atoms with Crippen molar-refractivity contribution in [3.8, 4) is 0 Å². The van der Waals surface area contributed by atoms with E-state index in [1.54, 1.807) is 4.90 Å². The second-order valence-electron chi connectivity index (χ2n) is 6.00. The third-order valence-electron chi connectivity index (χ3n) is 3.65. The number of piperidine rings is 1. The highest BCUT2D eigenvalue weighted by atomic mass is 16.2. The topological polar surface area (TPSA) is 61.4 Å². The number of nitrogens with one attached hydrogen (secondary N) is 2. The maximum Gasteiger partial charge on any atom is 0.242 e. The van der Waals surface area contributed by atoms with Crippen LogP contribution in [0.4, 0.5) is 0 Å². The first-order valence-corrected chi connectivity index (χ1v) is 7.79. The van der Waals surface area contributed by atoms with Crippen molar-refractivity contribution >= 4 is 11.8 Å². The van der Waals surface area contributed by atoms with E-state index in [0.717, 1.165) is 25.8 Å². The molecular weight excluding hydrogens is 254 g/mol. The van der Waals surface area contributed by atoms with E-state index in [2.05, 4.69) is 31.4 Å². The van der Waals surface area contributed by atoms with Gasteiger partial charge in [0.2, 0.25) is 11.8 Å². The van der Waals surface area contributed by atoms with E-state index < -0.39 is 0 Å². The summed E-state index contributed by atoms with van der Waals surface area (Å²) in [5.41, 5.74) is 0. The minimum Gasteiger partial charge on any atom is -0.354 e. The number of hydrogen-bond acceptors (Lipinski definition) is 3. The molecule has 1 heterocycles. The largest absolute Gasteiger partial charge is 0.354 e. The summed E-state index contributed by atoms with van der Waals surface area (Å²) in [6.45, 7) is 10.2. The average Bonchev–Trinajstić information content (AvgIpc) is 2.43. The van der Waals surface area contributed by atoms with E-state index in [9.17, 15) is 9.59 Å². The number of likely N-dealkylation sites (tertiary alicyclic amines) is 1. The van der Waals surface area contributed by atoms with Crippen LogP contribution in [-0.4, -0.2) is 48.4 Å². The molecule has 1 rings (SSSR count). The highest BCUT2D eigenvalue weighted by Gasteiger charge is 2.33. The molecule has 2 atom stereocenters. The highest BCUT2D eigenvalue weighted by molar-refractivity contribution is 5.90. The number of carbonyl (C=O) groups excluding carboxylic acids is 2. The van der Waals surface area contributed by atoms with Gasteiger partial charge in [0.15, 0.2) is 0 Å². The maximum atomic E-state index is 12.4. The van der Waals surface area contributed by atoms with Gasteiger partial charge in [-0.15, -0.1) is 0 Å². The van der Waals surface area contributed by atoms with Crippen molar-refractivity contribution in [2.24, 2.45) is 5.92 Å². The van der Waals surface area contributed by atoms with Gasteiger partial charge in [0.25, 0.3) is 0 Å². The van der Waals surface area contributed by atoms with Gasteiger partial charge in [-0.05, 0) is 38.6 Å². The summed E-state index contributed by atoms with van der Waals surface area (Å²) in [7, 11) is 0. The van der Waals surface area contributed by atoms with Gasteiger partial charge in [-0.25, -0.2) is 0 Å². The van der Waals surface area contributed by atoms with Crippen molar-refractivity contribution in [2.45, 2.75) is 59.0 Å². The molecule has 0 spiro atoms. The van der Waals surface area contributed by atoms with Crippen LogP contribution in [0.15, 0.2) is 0 Å². The first-order chi connectivity index (χ1) is 9.47. The van der Waals surface area contributed by atoms with Gasteiger partial charge in [0, 0.05) is 13.1 Å². The van der Waals surface area contributed by atoms with E-state index in [0.29, 0.717) is 19.0 Å². The fourth-order valence-electron chi connectivity index (χ4n) is 2.39. The van der Waals surface area contributed by atoms with Crippen LogP contribution in [0, 0.1) is 5.92 Å². The molecule has 1 saturated heterocycles. The summed E-state index contributed by atoms with van der Waals surface area (Å²) < 4.78 is 0. The molecule has 0 aromatic carbocycles. The van der Waals surface area contributed by atoms with Gasteiger partial charge < -0.3 is 15.5 Å². The lowest BCUT2D eigenvalue weighted by molar-refractivity contribution is -0.143. The number of hydrogen-bond donors (Lipinski definition) is 2. The van der Waals surface area contributed by atoms with Crippen LogP contribution < -0.4 is 10.6 Å². The summed E-state index contributed by atoms with van der Waals surface area (Å²) in [4.78, 5) is 26.2. The standard InChI is InChI=1S/C15H29N3O2/c1-5-8-16-13-7-6-9-18(15(13)20)12(4)14(19)17-10-11(2)3/h11-13,16H,5-10H2,1-4H3,(H,17,19). The fourth-order valence-corrected chi connectivity index (χ4v) is 2.39. The minimum absolute atomic E-state index is 0.0526. The third-order valence-corrected chi connectivity index (χ3v) is 3.65. The summed E-state index contributed by atoms with van der Waals surface area (Å²) >= 11 is 0. The highest BCUT2D eigenvalue weighted by Crippen LogP contribution is 2.15. The van der Waals surface area contributed by atoms with E-state index in [4.69, 9.17) is 0 Å². The van der Waals surface area contributed by atoms with Gasteiger partial charge in [0.1, 0.15) is 6.04 Å². The zero-order chi connectivity index (χ0) is 15.1. The second kappa shape index (κ2) is 8.25. The molecular formula is C15H29N3O2. The third kappa shape index (κ3) is 4.78. The molecule has 20 heavy (non-hydrogen) atoms. The molecule has 1 aliphatic rings. The summed E-state index contributed by atoms with van der Waals surface area (Å²) in [6, 6.07) is -0.503. The number of rotatable bonds is 7. The maximum absolute atomic E-state index is 12.4. The molecule has 116 valence electrons. The molecule has 0 radical (unpaired) electrons. The van der Waals surface area contributed by atoms with Crippen molar-refractivity contribution in [2.75, 3.05) is 19.6 Å². The van der Waals surface area contributed by atoms with Gasteiger partial charge >= 0.3 is 0 Å². The zero-order valence-electron chi connectivity index (χ0n) is 13.2. The average molecular weight is 283 g/mol. The Morgan fingerprint density at radius 2 is 2.10 bits per heavy atom. The van der Waals surface area contributed by atoms with Crippen molar-refractivity contribution in [1.29, 1.82) is 0 Å². The normalized spacial score (nSPS) is 21.1. The number of carbonyl (C=O) groups is 2. The minimum atomic E-state index is -0.382. The SMILES string of the molecule is CCCNC1CCCN(C(C)C(=O)NCC(C)C)C1=O. The van der Waals surface area contributed by atoms with Gasteiger partial charge in [-0.2, -0.15) is 0 Å². The number of amides is 2. The van der Waals surface area contributed by atoms with Crippen LogP contribution in [0.25, 0.3) is 0 Å². The predicted octanol–water partition coefficient (Wildman–Crippen LogP) is 1.14. The van der Waals surface area contributed by atoms with Gasteiger partial charge in [0.05, 0.1) is 6.04 Å². The summed E-state index contributed by atoms with van der Waals surface area (Å²) in [5, 5.41) is 6.18.